The first-order valence-corrected chi connectivity index (χ1v) is 8.05. The first kappa shape index (κ1) is 16.5. The molecule has 1 aliphatic rings. The third kappa shape index (κ3) is 3.58. The van der Waals surface area contributed by atoms with E-state index in [4.69, 9.17) is 10.5 Å². The van der Waals surface area contributed by atoms with Crippen LogP contribution in [0, 0.1) is 0 Å². The first-order valence-electron chi connectivity index (χ1n) is 8.05. The summed E-state index contributed by atoms with van der Waals surface area (Å²) < 4.78 is 7.19. The number of fused-ring (bicyclic) bond motifs is 1. The summed E-state index contributed by atoms with van der Waals surface area (Å²) in [5.74, 6) is -0.138. The lowest BCUT2D eigenvalue weighted by Crippen LogP contribution is -2.42. The quantitative estimate of drug-likeness (QED) is 0.867. The molecule has 24 heavy (non-hydrogen) atoms. The summed E-state index contributed by atoms with van der Waals surface area (Å²) >= 11 is 0. The maximum atomic E-state index is 12.4. The van der Waals surface area contributed by atoms with Crippen molar-refractivity contribution in [1.82, 2.24) is 9.47 Å². The Morgan fingerprint density at radius 1 is 1.29 bits per heavy atom. The zero-order valence-corrected chi connectivity index (χ0v) is 13.7. The zero-order valence-electron chi connectivity index (χ0n) is 13.7. The smallest absolute Gasteiger partial charge is 0.242 e. The van der Waals surface area contributed by atoms with Crippen LogP contribution in [0.3, 0.4) is 0 Å². The fourth-order valence-corrected chi connectivity index (χ4v) is 2.73. The number of anilines is 1. The highest BCUT2D eigenvalue weighted by Gasteiger charge is 2.17. The van der Waals surface area contributed by atoms with E-state index < -0.39 is 6.04 Å². The molecule has 1 aromatic heterocycles. The van der Waals surface area contributed by atoms with Gasteiger partial charge in [-0.25, -0.2) is 0 Å². The second-order valence-electron chi connectivity index (χ2n) is 5.99. The lowest BCUT2D eigenvalue weighted by Gasteiger charge is -2.27. The minimum absolute atomic E-state index is 0.0881. The van der Waals surface area contributed by atoms with Gasteiger partial charge in [-0.3, -0.25) is 9.59 Å². The summed E-state index contributed by atoms with van der Waals surface area (Å²) in [6.45, 7) is 4.43. The summed E-state index contributed by atoms with van der Waals surface area (Å²) in [6.07, 6.45) is 1.89. The van der Waals surface area contributed by atoms with Gasteiger partial charge in [-0.2, -0.15) is 0 Å². The van der Waals surface area contributed by atoms with E-state index in [-0.39, 0.29) is 11.8 Å². The normalized spacial score (nSPS) is 16.2. The van der Waals surface area contributed by atoms with Gasteiger partial charge in [-0.05, 0) is 31.2 Å². The molecule has 2 amide bonds. The molecule has 0 spiro atoms. The number of hydrogen-bond donors (Lipinski definition) is 2. The molecule has 2 heterocycles. The summed E-state index contributed by atoms with van der Waals surface area (Å²) in [5, 5.41) is 3.74. The van der Waals surface area contributed by atoms with Crippen molar-refractivity contribution in [2.75, 3.05) is 31.6 Å². The van der Waals surface area contributed by atoms with Crippen LogP contribution in [0.25, 0.3) is 10.9 Å². The monoisotopic (exact) mass is 330 g/mol. The molecule has 3 rings (SSSR count). The molecule has 128 valence electrons. The fraction of sp³-hybridized carbons (Fsp3) is 0.412. The predicted octanol–water partition coefficient (Wildman–Crippen LogP) is 0.786. The van der Waals surface area contributed by atoms with Crippen molar-refractivity contribution in [3.05, 3.63) is 30.5 Å². The van der Waals surface area contributed by atoms with Crippen molar-refractivity contribution in [2.24, 2.45) is 5.73 Å². The van der Waals surface area contributed by atoms with Crippen molar-refractivity contribution in [3.63, 3.8) is 0 Å². The van der Waals surface area contributed by atoms with Gasteiger partial charge in [-0.1, -0.05) is 0 Å². The molecule has 2 aromatic rings. The number of morpholine rings is 1. The molecule has 1 saturated heterocycles. The van der Waals surface area contributed by atoms with E-state index in [1.807, 2.05) is 39.9 Å². The van der Waals surface area contributed by atoms with Crippen molar-refractivity contribution < 1.29 is 14.3 Å². The Hall–Kier alpha value is -2.38. The Balaban J connectivity index is 1.73. The molecule has 7 heteroatoms. The number of nitrogens with two attached hydrogens (primary N) is 1. The minimum atomic E-state index is -0.559. The van der Waals surface area contributed by atoms with Crippen molar-refractivity contribution in [2.45, 2.75) is 19.5 Å². The molecule has 0 saturated carbocycles. The van der Waals surface area contributed by atoms with Gasteiger partial charge in [0.1, 0.15) is 6.54 Å². The predicted molar refractivity (Wildman–Crippen MR) is 91.6 cm³/mol. The van der Waals surface area contributed by atoms with Gasteiger partial charge in [0.15, 0.2) is 0 Å². The van der Waals surface area contributed by atoms with Gasteiger partial charge in [-0.15, -0.1) is 0 Å². The Bertz CT molecular complexity index is 747. The number of nitrogens with zero attached hydrogens (tertiary/aromatic N) is 2. The van der Waals surface area contributed by atoms with Crippen molar-refractivity contribution in [1.29, 1.82) is 0 Å². The van der Waals surface area contributed by atoms with Crippen molar-refractivity contribution >= 4 is 28.4 Å². The number of benzene rings is 1. The number of ether oxygens (including phenoxy) is 1. The number of rotatable bonds is 4. The minimum Gasteiger partial charge on any atom is -0.378 e. The Kier molecular flexibility index (Phi) is 4.82. The molecular weight excluding hydrogens is 308 g/mol. The van der Waals surface area contributed by atoms with E-state index in [2.05, 4.69) is 5.32 Å². The largest absolute Gasteiger partial charge is 0.378 e. The summed E-state index contributed by atoms with van der Waals surface area (Å²) in [7, 11) is 0. The number of amides is 2. The van der Waals surface area contributed by atoms with Crippen LogP contribution in [0.15, 0.2) is 30.5 Å². The van der Waals surface area contributed by atoms with Gasteiger partial charge in [0.05, 0.1) is 19.3 Å². The van der Waals surface area contributed by atoms with E-state index in [1.165, 1.54) is 0 Å². The van der Waals surface area contributed by atoms with E-state index in [0.717, 1.165) is 10.9 Å². The SMILES string of the molecule is C[C@@H](N)C(=O)Nc1ccc2c(ccn2CC(=O)N2CCOCC2)c1. The molecule has 1 atom stereocenters. The highest BCUT2D eigenvalue weighted by molar-refractivity contribution is 5.96. The van der Waals surface area contributed by atoms with Gasteiger partial charge in [0.25, 0.3) is 0 Å². The van der Waals surface area contributed by atoms with Crippen LogP contribution in [0.2, 0.25) is 0 Å². The summed E-state index contributed by atoms with van der Waals surface area (Å²) in [6, 6.07) is 6.97. The molecule has 0 unspecified atom stereocenters. The van der Waals surface area contributed by atoms with Crippen LogP contribution in [-0.4, -0.2) is 53.6 Å². The number of hydrogen-bond acceptors (Lipinski definition) is 4. The molecule has 1 fully saturated rings. The van der Waals surface area contributed by atoms with E-state index in [9.17, 15) is 9.59 Å². The highest BCUT2D eigenvalue weighted by Crippen LogP contribution is 2.21. The van der Waals surface area contributed by atoms with E-state index >= 15 is 0 Å². The topological polar surface area (TPSA) is 89.6 Å². The van der Waals surface area contributed by atoms with Crippen LogP contribution in [0.5, 0.6) is 0 Å². The molecule has 7 nitrogen and oxygen atoms in total. The van der Waals surface area contributed by atoms with Gasteiger partial charge < -0.3 is 25.3 Å². The lowest BCUT2D eigenvalue weighted by molar-refractivity contribution is -0.135. The number of aromatic nitrogens is 1. The molecule has 0 bridgehead atoms. The molecule has 0 radical (unpaired) electrons. The van der Waals surface area contributed by atoms with E-state index in [1.54, 1.807) is 6.92 Å². The van der Waals surface area contributed by atoms with Gasteiger partial charge in [0.2, 0.25) is 11.8 Å². The van der Waals surface area contributed by atoms with Crippen LogP contribution < -0.4 is 11.1 Å². The summed E-state index contributed by atoms with van der Waals surface area (Å²) in [5.41, 5.74) is 7.21. The molecule has 0 aliphatic carbocycles. The second-order valence-corrected chi connectivity index (χ2v) is 5.99. The number of carbonyl (C=O) groups is 2. The van der Waals surface area contributed by atoms with E-state index in [0.29, 0.717) is 38.5 Å². The van der Waals surface area contributed by atoms with Gasteiger partial charge >= 0.3 is 0 Å². The Labute approximate surface area is 140 Å². The maximum Gasteiger partial charge on any atom is 0.242 e. The second kappa shape index (κ2) is 7.02. The average Bonchev–Trinajstić information content (AvgIpc) is 2.97. The van der Waals surface area contributed by atoms with Crippen molar-refractivity contribution in [3.8, 4) is 0 Å². The zero-order chi connectivity index (χ0) is 17.1. The van der Waals surface area contributed by atoms with Crippen LogP contribution >= 0.6 is 0 Å². The van der Waals surface area contributed by atoms with Crippen LogP contribution in [-0.2, 0) is 20.9 Å². The Morgan fingerprint density at radius 3 is 2.75 bits per heavy atom. The van der Waals surface area contributed by atoms with Gasteiger partial charge in [0, 0.05) is 35.9 Å². The van der Waals surface area contributed by atoms with Crippen LogP contribution in [0.1, 0.15) is 6.92 Å². The molecule has 1 aromatic carbocycles. The van der Waals surface area contributed by atoms with Crippen LogP contribution in [0.4, 0.5) is 5.69 Å². The highest BCUT2D eigenvalue weighted by atomic mass is 16.5. The maximum absolute atomic E-state index is 12.4. The molecule has 1 aliphatic heterocycles. The standard InChI is InChI=1S/C17H22N4O3/c1-12(18)17(23)19-14-2-3-15-13(10-14)4-5-21(15)11-16(22)20-6-8-24-9-7-20/h2-5,10,12H,6-9,11,18H2,1H3,(H,19,23)/t12-/m1/s1. The third-order valence-electron chi connectivity index (χ3n) is 4.12. The molecule has 3 N–H and O–H groups in total. The average molecular weight is 330 g/mol. The number of nitrogens with one attached hydrogen (secondary N) is 1. The Morgan fingerprint density at radius 2 is 2.04 bits per heavy atom. The third-order valence-corrected chi connectivity index (χ3v) is 4.12. The molecular formula is C17H22N4O3. The summed E-state index contributed by atoms with van der Waals surface area (Å²) in [4.78, 5) is 25.9. The number of carbonyl (C=O) groups excluding carboxylic acids is 2. The first-order chi connectivity index (χ1) is 11.5. The lowest BCUT2D eigenvalue weighted by atomic mass is 10.2. The fourth-order valence-electron chi connectivity index (χ4n) is 2.73.